The molecule has 2 rings (SSSR count). The molecule has 0 aliphatic carbocycles. The molecule has 0 atom stereocenters. The minimum Gasteiger partial charge on any atom is -0.373 e. The Bertz CT molecular complexity index is 479. The van der Waals surface area contributed by atoms with Crippen molar-refractivity contribution in [1.29, 1.82) is 0 Å². The van der Waals surface area contributed by atoms with E-state index in [2.05, 4.69) is 32.7 Å². The first kappa shape index (κ1) is 12.7. The summed E-state index contributed by atoms with van der Waals surface area (Å²) in [6.45, 7) is 0.759. The zero-order valence-corrected chi connectivity index (χ0v) is 11.3. The molecule has 0 saturated heterocycles. The van der Waals surface area contributed by atoms with Crippen LogP contribution in [-0.4, -0.2) is 23.3 Å². The largest absolute Gasteiger partial charge is 0.373 e. The van der Waals surface area contributed by atoms with Crippen LogP contribution in [-0.2, 0) is 6.54 Å². The Labute approximate surface area is 111 Å². The van der Waals surface area contributed by atoms with Crippen molar-refractivity contribution in [3.8, 4) is 0 Å². The fourth-order valence-electron chi connectivity index (χ4n) is 1.52. The van der Waals surface area contributed by atoms with E-state index < -0.39 is 0 Å². The van der Waals surface area contributed by atoms with Crippen molar-refractivity contribution in [2.75, 3.05) is 23.9 Å². The molecule has 94 valence electrons. The van der Waals surface area contributed by atoms with Crippen molar-refractivity contribution < 1.29 is 0 Å². The molecule has 0 fully saturated rings. The van der Waals surface area contributed by atoms with Gasteiger partial charge in [-0.1, -0.05) is 42.1 Å². The van der Waals surface area contributed by atoms with Crippen LogP contribution < -0.4 is 10.6 Å². The lowest BCUT2D eigenvalue weighted by Gasteiger charge is -2.08. The number of nitrogens with one attached hydrogen (secondary N) is 2. The van der Waals surface area contributed by atoms with E-state index in [-0.39, 0.29) is 0 Å². The van der Waals surface area contributed by atoms with E-state index in [1.807, 2.05) is 37.6 Å². The smallest absolute Gasteiger partial charge is 0.191 e. The number of benzene rings is 1. The van der Waals surface area contributed by atoms with Crippen LogP contribution in [0.5, 0.6) is 0 Å². The summed E-state index contributed by atoms with van der Waals surface area (Å²) >= 11 is 1.53. The maximum absolute atomic E-state index is 4.42. The highest BCUT2D eigenvalue weighted by atomic mass is 32.2. The van der Waals surface area contributed by atoms with Gasteiger partial charge in [0.15, 0.2) is 5.16 Å². The number of thioether (sulfide) groups is 1. The lowest BCUT2D eigenvalue weighted by atomic mass is 10.2. The molecule has 4 nitrogen and oxygen atoms in total. The lowest BCUT2D eigenvalue weighted by molar-refractivity contribution is 0.958. The van der Waals surface area contributed by atoms with E-state index in [9.17, 15) is 0 Å². The highest BCUT2D eigenvalue weighted by Gasteiger charge is 2.02. The van der Waals surface area contributed by atoms with E-state index >= 15 is 0 Å². The molecule has 0 unspecified atom stereocenters. The molecular weight excluding hydrogens is 244 g/mol. The van der Waals surface area contributed by atoms with Gasteiger partial charge in [0.25, 0.3) is 0 Å². The molecule has 0 radical (unpaired) electrons. The van der Waals surface area contributed by atoms with Crippen molar-refractivity contribution in [1.82, 2.24) is 9.97 Å². The van der Waals surface area contributed by atoms with Gasteiger partial charge in [0.1, 0.15) is 11.6 Å². The van der Waals surface area contributed by atoms with E-state index in [0.29, 0.717) is 0 Å². The van der Waals surface area contributed by atoms with Gasteiger partial charge >= 0.3 is 0 Å². The number of rotatable bonds is 5. The summed E-state index contributed by atoms with van der Waals surface area (Å²) in [5.74, 6) is 1.66. The molecule has 2 aromatic rings. The summed E-state index contributed by atoms with van der Waals surface area (Å²) in [5, 5.41) is 7.10. The number of anilines is 2. The van der Waals surface area contributed by atoms with Gasteiger partial charge in [0.2, 0.25) is 0 Å². The van der Waals surface area contributed by atoms with Crippen LogP contribution in [0.15, 0.2) is 41.6 Å². The molecule has 1 aromatic carbocycles. The van der Waals surface area contributed by atoms with Gasteiger partial charge < -0.3 is 10.6 Å². The third-order valence-corrected chi connectivity index (χ3v) is 3.01. The van der Waals surface area contributed by atoms with Crippen LogP contribution in [0.4, 0.5) is 11.6 Å². The molecule has 0 bridgehead atoms. The second kappa shape index (κ2) is 6.26. The zero-order valence-electron chi connectivity index (χ0n) is 10.5. The molecule has 5 heteroatoms. The van der Waals surface area contributed by atoms with E-state index in [0.717, 1.165) is 23.3 Å². The van der Waals surface area contributed by atoms with Crippen molar-refractivity contribution >= 4 is 23.4 Å². The van der Waals surface area contributed by atoms with E-state index in [1.54, 1.807) is 0 Å². The molecule has 1 heterocycles. The molecule has 2 N–H and O–H groups in total. The summed E-state index contributed by atoms with van der Waals surface area (Å²) in [6, 6.07) is 12.2. The Hall–Kier alpha value is -1.75. The molecule has 0 aliphatic rings. The monoisotopic (exact) mass is 260 g/mol. The predicted octanol–water partition coefficient (Wildman–Crippen LogP) is 2.85. The van der Waals surface area contributed by atoms with E-state index in [1.165, 1.54) is 17.3 Å². The maximum atomic E-state index is 4.42. The standard InChI is InChI=1S/C13H16N4S/c1-14-11-8-12(17-13(16-11)18-2)15-9-10-6-4-3-5-7-10/h3-8H,9H2,1-2H3,(H2,14,15,16,17). The summed E-state index contributed by atoms with van der Waals surface area (Å²) in [7, 11) is 1.85. The highest BCUT2D eigenvalue weighted by molar-refractivity contribution is 7.98. The quantitative estimate of drug-likeness (QED) is 0.639. The van der Waals surface area contributed by atoms with Crippen molar-refractivity contribution in [2.45, 2.75) is 11.7 Å². The molecule has 0 spiro atoms. The molecule has 0 aliphatic heterocycles. The Morgan fingerprint density at radius 1 is 1.11 bits per heavy atom. The first-order valence-electron chi connectivity index (χ1n) is 5.70. The van der Waals surface area contributed by atoms with Crippen molar-refractivity contribution in [3.63, 3.8) is 0 Å². The summed E-state index contributed by atoms with van der Waals surface area (Å²) in [6.07, 6.45) is 1.97. The lowest BCUT2D eigenvalue weighted by Crippen LogP contribution is -2.04. The number of nitrogens with zero attached hydrogens (tertiary/aromatic N) is 2. The van der Waals surface area contributed by atoms with Crippen LogP contribution in [0.1, 0.15) is 5.56 Å². The van der Waals surface area contributed by atoms with Gasteiger partial charge in [-0.15, -0.1) is 0 Å². The van der Waals surface area contributed by atoms with Crippen LogP contribution in [0.3, 0.4) is 0 Å². The predicted molar refractivity (Wildman–Crippen MR) is 77.1 cm³/mol. The highest BCUT2D eigenvalue weighted by Crippen LogP contribution is 2.17. The Kier molecular flexibility index (Phi) is 4.41. The van der Waals surface area contributed by atoms with Crippen LogP contribution in [0, 0.1) is 0 Å². The van der Waals surface area contributed by atoms with Crippen LogP contribution >= 0.6 is 11.8 Å². The molecule has 0 amide bonds. The topological polar surface area (TPSA) is 49.8 Å². The van der Waals surface area contributed by atoms with Crippen LogP contribution in [0.2, 0.25) is 0 Å². The summed E-state index contributed by atoms with van der Waals surface area (Å²) < 4.78 is 0. The first-order chi connectivity index (χ1) is 8.81. The Morgan fingerprint density at radius 3 is 2.50 bits per heavy atom. The number of aromatic nitrogens is 2. The fraction of sp³-hybridized carbons (Fsp3) is 0.231. The summed E-state index contributed by atoms with van der Waals surface area (Å²) in [4.78, 5) is 8.74. The SMILES string of the molecule is CNc1cc(NCc2ccccc2)nc(SC)n1. The third kappa shape index (κ3) is 3.37. The second-order valence-corrected chi connectivity index (χ2v) is 4.49. The Balaban J connectivity index is 2.09. The maximum Gasteiger partial charge on any atom is 0.191 e. The van der Waals surface area contributed by atoms with Gasteiger partial charge in [-0.2, -0.15) is 0 Å². The van der Waals surface area contributed by atoms with Crippen molar-refractivity contribution in [2.24, 2.45) is 0 Å². The first-order valence-corrected chi connectivity index (χ1v) is 6.93. The molecule has 0 saturated carbocycles. The van der Waals surface area contributed by atoms with Crippen LogP contribution in [0.25, 0.3) is 0 Å². The van der Waals surface area contributed by atoms with Gasteiger partial charge in [-0.3, -0.25) is 0 Å². The minimum absolute atomic E-state index is 0.759. The number of hydrogen-bond donors (Lipinski definition) is 2. The fourth-order valence-corrected chi connectivity index (χ4v) is 1.90. The average molecular weight is 260 g/mol. The van der Waals surface area contributed by atoms with Gasteiger partial charge in [-0.25, -0.2) is 9.97 Å². The summed E-state index contributed by atoms with van der Waals surface area (Å²) in [5.41, 5.74) is 1.23. The second-order valence-electron chi connectivity index (χ2n) is 3.71. The minimum atomic E-state index is 0.759. The molecular formula is C13H16N4S. The molecule has 1 aromatic heterocycles. The van der Waals surface area contributed by atoms with E-state index in [4.69, 9.17) is 0 Å². The molecule has 18 heavy (non-hydrogen) atoms. The number of hydrogen-bond acceptors (Lipinski definition) is 5. The Morgan fingerprint density at radius 2 is 1.83 bits per heavy atom. The average Bonchev–Trinajstić information content (AvgIpc) is 2.45. The normalized spacial score (nSPS) is 10.1. The van der Waals surface area contributed by atoms with Gasteiger partial charge in [0.05, 0.1) is 0 Å². The zero-order chi connectivity index (χ0) is 12.8. The van der Waals surface area contributed by atoms with Crippen molar-refractivity contribution in [3.05, 3.63) is 42.0 Å². The van der Waals surface area contributed by atoms with Gasteiger partial charge in [0, 0.05) is 19.7 Å². The third-order valence-electron chi connectivity index (χ3n) is 2.46. The van der Waals surface area contributed by atoms with Gasteiger partial charge in [-0.05, 0) is 11.8 Å².